The summed E-state index contributed by atoms with van der Waals surface area (Å²) in [6.07, 6.45) is 1.35. The zero-order valence-corrected chi connectivity index (χ0v) is 21.4. The van der Waals surface area contributed by atoms with E-state index >= 15 is 0 Å². The number of hydrogen-bond donors (Lipinski definition) is 3. The maximum Gasteiger partial charge on any atom is 0.253 e. The molecule has 0 bridgehead atoms. The van der Waals surface area contributed by atoms with Crippen LogP contribution in [-0.4, -0.2) is 40.4 Å². The van der Waals surface area contributed by atoms with Gasteiger partial charge in [-0.3, -0.25) is 34.3 Å². The Morgan fingerprint density at radius 3 is 2.29 bits per heavy atom. The van der Waals surface area contributed by atoms with Crippen LogP contribution in [0.4, 0.5) is 0 Å². The lowest BCUT2D eigenvalue weighted by molar-refractivity contribution is -0.137. The first-order valence-corrected chi connectivity index (χ1v) is 12.5. The van der Waals surface area contributed by atoms with Crippen molar-refractivity contribution in [3.05, 3.63) is 78.0 Å². The lowest BCUT2D eigenvalue weighted by atomic mass is 9.85. The van der Waals surface area contributed by atoms with Gasteiger partial charge < -0.3 is 10.6 Å². The third-order valence-electron chi connectivity index (χ3n) is 6.79. The predicted octanol–water partition coefficient (Wildman–Crippen LogP) is 2.71. The van der Waals surface area contributed by atoms with E-state index in [1.165, 1.54) is 13.1 Å². The van der Waals surface area contributed by atoms with Crippen molar-refractivity contribution in [3.63, 3.8) is 0 Å². The Morgan fingerprint density at radius 2 is 1.63 bits per heavy atom. The molecule has 196 valence electrons. The number of fused-ring (bicyclic) bond motifs is 1. The maximum absolute atomic E-state index is 13.2. The first-order valence-electron chi connectivity index (χ1n) is 12.5. The minimum atomic E-state index is -1.15. The Balaban J connectivity index is 1.51. The van der Waals surface area contributed by atoms with Gasteiger partial charge in [0, 0.05) is 11.6 Å². The van der Waals surface area contributed by atoms with E-state index in [9.17, 15) is 24.0 Å². The molecule has 1 aromatic heterocycles. The lowest BCUT2D eigenvalue weighted by Crippen LogP contribution is -2.49. The molecule has 38 heavy (non-hydrogen) atoms. The van der Waals surface area contributed by atoms with Crippen molar-refractivity contribution in [1.82, 2.24) is 20.9 Å². The largest absolute Gasteiger partial charge is 0.346 e. The molecule has 2 heterocycles. The number of carbonyl (C=O) groups is 5. The Hall–Kier alpha value is -4.40. The summed E-state index contributed by atoms with van der Waals surface area (Å²) in [6, 6.07) is 16.6. The molecule has 4 amide bonds. The molecule has 1 aliphatic heterocycles. The topological polar surface area (TPSA) is 134 Å². The van der Waals surface area contributed by atoms with Crippen LogP contribution >= 0.6 is 0 Å². The van der Waals surface area contributed by atoms with Crippen molar-refractivity contribution >= 4 is 40.3 Å². The number of benzene rings is 2. The monoisotopic (exact) mass is 514 g/mol. The van der Waals surface area contributed by atoms with Gasteiger partial charge >= 0.3 is 0 Å². The number of ketones is 1. The highest BCUT2D eigenvalue weighted by Crippen LogP contribution is 2.24. The van der Waals surface area contributed by atoms with Crippen LogP contribution in [0.3, 0.4) is 0 Å². The molecule has 1 saturated heterocycles. The molecule has 0 aliphatic carbocycles. The van der Waals surface area contributed by atoms with Crippen LogP contribution in [0.25, 0.3) is 10.9 Å². The standard InChI is InChI=1S/C29H30N4O5/c1-16(2)25(26(35)24-17(3)27(36)33-29(24)38)32-23(34)14-22(18-9-5-4-6-10-18)31-28(37)20-13-19-11-7-8-12-21(19)30-15-20/h4-13,15-17,22,24-25H,14H2,1-3H3,(H,31,37)(H,32,34)(H,33,36,38)/t17-,22-,24+,25-/m0/s1. The summed E-state index contributed by atoms with van der Waals surface area (Å²) in [7, 11) is 0. The number of amides is 4. The first kappa shape index (κ1) is 26.7. The van der Waals surface area contributed by atoms with Crippen molar-refractivity contribution in [3.8, 4) is 0 Å². The van der Waals surface area contributed by atoms with Crippen molar-refractivity contribution in [2.24, 2.45) is 17.8 Å². The van der Waals surface area contributed by atoms with E-state index in [4.69, 9.17) is 0 Å². The molecule has 0 saturated carbocycles. The average Bonchev–Trinajstić information content (AvgIpc) is 3.17. The molecule has 3 N–H and O–H groups in total. The summed E-state index contributed by atoms with van der Waals surface area (Å²) in [5.41, 5.74) is 1.83. The van der Waals surface area contributed by atoms with Crippen molar-refractivity contribution in [2.45, 2.75) is 39.3 Å². The van der Waals surface area contributed by atoms with Crippen molar-refractivity contribution < 1.29 is 24.0 Å². The van der Waals surface area contributed by atoms with Gasteiger partial charge in [0.05, 0.1) is 35.5 Å². The summed E-state index contributed by atoms with van der Waals surface area (Å²) in [6.45, 7) is 5.03. The third-order valence-corrected chi connectivity index (χ3v) is 6.79. The minimum Gasteiger partial charge on any atom is -0.346 e. The fourth-order valence-electron chi connectivity index (χ4n) is 4.62. The highest BCUT2D eigenvalue weighted by atomic mass is 16.2. The fourth-order valence-corrected chi connectivity index (χ4v) is 4.62. The van der Waals surface area contributed by atoms with Gasteiger partial charge in [0.1, 0.15) is 5.92 Å². The molecule has 0 spiro atoms. The van der Waals surface area contributed by atoms with Crippen molar-refractivity contribution in [1.29, 1.82) is 0 Å². The van der Waals surface area contributed by atoms with Gasteiger partial charge in [-0.1, -0.05) is 69.3 Å². The van der Waals surface area contributed by atoms with Crippen LogP contribution in [0.5, 0.6) is 0 Å². The Kier molecular flexibility index (Phi) is 7.95. The molecule has 0 unspecified atom stereocenters. The van der Waals surface area contributed by atoms with Gasteiger partial charge in [0.15, 0.2) is 5.78 Å². The third kappa shape index (κ3) is 5.77. The number of carbonyl (C=O) groups excluding carboxylic acids is 5. The van der Waals surface area contributed by atoms with Crippen LogP contribution in [0.15, 0.2) is 66.9 Å². The SMILES string of the molecule is CC(C)[C@H](NC(=O)C[C@H](NC(=O)c1cnc2ccccc2c1)c1ccccc1)C(=O)[C@@H]1C(=O)NC(=O)[C@H]1C. The van der Waals surface area contributed by atoms with Crippen LogP contribution in [0.2, 0.25) is 0 Å². The Morgan fingerprint density at radius 1 is 0.947 bits per heavy atom. The van der Waals surface area contributed by atoms with E-state index in [1.807, 2.05) is 42.5 Å². The highest BCUT2D eigenvalue weighted by molar-refractivity contribution is 6.16. The van der Waals surface area contributed by atoms with E-state index in [2.05, 4.69) is 20.9 Å². The van der Waals surface area contributed by atoms with Gasteiger partial charge in [-0.05, 0) is 23.6 Å². The van der Waals surface area contributed by atoms with E-state index in [0.29, 0.717) is 11.1 Å². The number of rotatable bonds is 9. The zero-order chi connectivity index (χ0) is 27.4. The number of imide groups is 1. The first-order chi connectivity index (χ1) is 18.2. The zero-order valence-electron chi connectivity index (χ0n) is 21.4. The molecule has 1 fully saturated rings. The normalized spacial score (nSPS) is 18.6. The van der Waals surface area contributed by atoms with E-state index in [0.717, 1.165) is 10.9 Å². The fraction of sp³-hybridized carbons (Fsp3) is 0.310. The lowest BCUT2D eigenvalue weighted by Gasteiger charge is -2.26. The number of para-hydroxylation sites is 1. The highest BCUT2D eigenvalue weighted by Gasteiger charge is 2.46. The number of hydrogen-bond acceptors (Lipinski definition) is 6. The number of Topliss-reactive ketones (excluding diaryl/α,β-unsaturated/α-hetero) is 1. The summed E-state index contributed by atoms with van der Waals surface area (Å²) < 4.78 is 0. The molecule has 9 nitrogen and oxygen atoms in total. The molecule has 2 aromatic carbocycles. The van der Waals surface area contributed by atoms with Gasteiger partial charge in [0.2, 0.25) is 17.7 Å². The van der Waals surface area contributed by atoms with Crippen LogP contribution in [0.1, 0.15) is 49.2 Å². The van der Waals surface area contributed by atoms with E-state index in [1.54, 1.807) is 32.0 Å². The maximum atomic E-state index is 13.2. The van der Waals surface area contributed by atoms with Crippen molar-refractivity contribution in [2.75, 3.05) is 0 Å². The average molecular weight is 515 g/mol. The summed E-state index contributed by atoms with van der Waals surface area (Å²) in [5.74, 6) is -4.80. The Bertz CT molecular complexity index is 1390. The second-order valence-electron chi connectivity index (χ2n) is 9.87. The number of pyridine rings is 1. The predicted molar refractivity (Wildman–Crippen MR) is 141 cm³/mol. The number of nitrogens with zero attached hydrogens (tertiary/aromatic N) is 1. The molecule has 0 radical (unpaired) electrons. The second-order valence-corrected chi connectivity index (χ2v) is 9.87. The quantitative estimate of drug-likeness (QED) is 0.297. The summed E-state index contributed by atoms with van der Waals surface area (Å²) in [5, 5.41) is 8.66. The van der Waals surface area contributed by atoms with Gasteiger partial charge in [0.25, 0.3) is 5.91 Å². The van der Waals surface area contributed by atoms with Gasteiger partial charge in [-0.15, -0.1) is 0 Å². The summed E-state index contributed by atoms with van der Waals surface area (Å²) in [4.78, 5) is 68.0. The molecule has 1 aliphatic rings. The van der Waals surface area contributed by atoms with E-state index in [-0.39, 0.29) is 12.3 Å². The van der Waals surface area contributed by atoms with Crippen LogP contribution < -0.4 is 16.0 Å². The molecule has 9 heteroatoms. The second kappa shape index (κ2) is 11.3. The van der Waals surface area contributed by atoms with Crippen LogP contribution in [0, 0.1) is 17.8 Å². The van der Waals surface area contributed by atoms with Gasteiger partial charge in [-0.2, -0.15) is 0 Å². The summed E-state index contributed by atoms with van der Waals surface area (Å²) >= 11 is 0. The molecular weight excluding hydrogens is 484 g/mol. The number of aromatic nitrogens is 1. The Labute approximate surface area is 220 Å². The molecule has 4 rings (SSSR count). The van der Waals surface area contributed by atoms with Gasteiger partial charge in [-0.25, -0.2) is 0 Å². The van der Waals surface area contributed by atoms with E-state index < -0.39 is 53.3 Å². The number of nitrogens with one attached hydrogen (secondary N) is 3. The molecule has 4 atom stereocenters. The van der Waals surface area contributed by atoms with Crippen LogP contribution in [-0.2, 0) is 19.2 Å². The molecular formula is C29H30N4O5. The molecule has 3 aromatic rings. The minimum absolute atomic E-state index is 0.140. The smallest absolute Gasteiger partial charge is 0.253 e.